The van der Waals surface area contributed by atoms with Gasteiger partial charge in [0.05, 0.1) is 6.04 Å². The first-order valence-corrected chi connectivity index (χ1v) is 9.35. The van der Waals surface area contributed by atoms with E-state index < -0.39 is 0 Å². The van der Waals surface area contributed by atoms with E-state index in [1.165, 1.54) is 12.0 Å². The van der Waals surface area contributed by atoms with Crippen molar-refractivity contribution in [2.45, 2.75) is 12.5 Å². The van der Waals surface area contributed by atoms with E-state index in [1.54, 1.807) is 23.5 Å². The lowest BCUT2D eigenvalue weighted by molar-refractivity contribution is -0.116. The minimum absolute atomic E-state index is 0.0848. The summed E-state index contributed by atoms with van der Waals surface area (Å²) in [5, 5.41) is 7.28. The van der Waals surface area contributed by atoms with Crippen LogP contribution in [0.5, 0.6) is 11.5 Å². The van der Waals surface area contributed by atoms with Gasteiger partial charge in [0.2, 0.25) is 12.7 Å². The van der Waals surface area contributed by atoms with Crippen LogP contribution in [0.25, 0.3) is 6.08 Å². The van der Waals surface area contributed by atoms with Crippen LogP contribution in [-0.2, 0) is 4.79 Å². The molecule has 3 heterocycles. The van der Waals surface area contributed by atoms with Gasteiger partial charge in [-0.2, -0.15) is 11.3 Å². The van der Waals surface area contributed by atoms with Crippen LogP contribution in [-0.4, -0.2) is 37.2 Å². The number of thiophene rings is 1. The zero-order valence-electron chi connectivity index (χ0n) is 13.8. The van der Waals surface area contributed by atoms with E-state index in [0.717, 1.165) is 30.2 Å². The summed E-state index contributed by atoms with van der Waals surface area (Å²) in [5.41, 5.74) is 2.20. The molecule has 1 amide bonds. The highest BCUT2D eigenvalue weighted by atomic mass is 32.1. The van der Waals surface area contributed by atoms with Crippen LogP contribution in [0.15, 0.2) is 41.1 Å². The zero-order chi connectivity index (χ0) is 17.1. The molecule has 0 aliphatic carbocycles. The summed E-state index contributed by atoms with van der Waals surface area (Å²) in [5.74, 6) is 1.38. The summed E-state index contributed by atoms with van der Waals surface area (Å²) in [7, 11) is 0. The predicted octanol–water partition coefficient (Wildman–Crippen LogP) is 3.05. The average molecular weight is 356 g/mol. The number of benzene rings is 1. The summed E-state index contributed by atoms with van der Waals surface area (Å²) in [6, 6.07) is 8.05. The standard InChI is InChI=1S/C19H20N2O3S/c22-19(5-3-14-2-4-17-18(10-14)24-13-23-17)20-11-16(21-7-1-8-21)15-6-9-25-12-15/h2-6,9-10,12,16H,1,7-8,11,13H2,(H,20,22)/b5-3+/t16-/m0/s1. The van der Waals surface area contributed by atoms with Gasteiger partial charge in [0.25, 0.3) is 0 Å². The zero-order valence-corrected chi connectivity index (χ0v) is 14.6. The molecule has 0 saturated carbocycles. The van der Waals surface area contributed by atoms with Crippen LogP contribution in [0, 0.1) is 0 Å². The van der Waals surface area contributed by atoms with Crippen molar-refractivity contribution in [1.29, 1.82) is 0 Å². The van der Waals surface area contributed by atoms with Crippen LogP contribution in [0.1, 0.15) is 23.6 Å². The molecule has 1 aromatic heterocycles. The van der Waals surface area contributed by atoms with Gasteiger partial charge >= 0.3 is 0 Å². The number of hydrogen-bond acceptors (Lipinski definition) is 5. The van der Waals surface area contributed by atoms with Crippen molar-refractivity contribution in [1.82, 2.24) is 10.2 Å². The van der Waals surface area contributed by atoms with Crippen molar-refractivity contribution >= 4 is 23.3 Å². The summed E-state index contributed by atoms with van der Waals surface area (Å²) < 4.78 is 10.6. The number of likely N-dealkylation sites (tertiary alicyclic amines) is 1. The summed E-state index contributed by atoms with van der Waals surface area (Å²) in [4.78, 5) is 14.6. The lowest BCUT2D eigenvalue weighted by atomic mass is 10.0. The van der Waals surface area contributed by atoms with Gasteiger partial charge in [0, 0.05) is 25.7 Å². The number of rotatable bonds is 6. The van der Waals surface area contributed by atoms with E-state index in [-0.39, 0.29) is 18.7 Å². The fourth-order valence-electron chi connectivity index (χ4n) is 3.02. The normalized spacial score (nSPS) is 17.4. The molecule has 1 fully saturated rings. The molecule has 6 heteroatoms. The third-order valence-corrected chi connectivity index (χ3v) is 5.25. The Morgan fingerprint density at radius 2 is 2.16 bits per heavy atom. The Hall–Kier alpha value is -2.31. The number of nitrogens with one attached hydrogen (secondary N) is 1. The van der Waals surface area contributed by atoms with Crippen molar-refractivity contribution in [2.75, 3.05) is 26.4 Å². The number of carbonyl (C=O) groups excluding carboxylic acids is 1. The van der Waals surface area contributed by atoms with Gasteiger partial charge in [0.1, 0.15) is 0 Å². The van der Waals surface area contributed by atoms with Crippen molar-refractivity contribution < 1.29 is 14.3 Å². The van der Waals surface area contributed by atoms with Gasteiger partial charge < -0.3 is 14.8 Å². The summed E-state index contributed by atoms with van der Waals surface area (Å²) >= 11 is 1.70. The fraction of sp³-hybridized carbons (Fsp3) is 0.316. The smallest absolute Gasteiger partial charge is 0.244 e. The number of hydrogen-bond donors (Lipinski definition) is 1. The van der Waals surface area contributed by atoms with E-state index in [9.17, 15) is 4.79 Å². The van der Waals surface area contributed by atoms with Crippen molar-refractivity contribution in [3.63, 3.8) is 0 Å². The molecule has 0 unspecified atom stereocenters. The molecule has 0 radical (unpaired) electrons. The minimum atomic E-state index is -0.0848. The maximum absolute atomic E-state index is 12.2. The van der Waals surface area contributed by atoms with Crippen LogP contribution >= 0.6 is 11.3 Å². The Kier molecular flexibility index (Phi) is 4.72. The maximum Gasteiger partial charge on any atom is 0.244 e. The van der Waals surface area contributed by atoms with E-state index in [0.29, 0.717) is 6.54 Å². The average Bonchev–Trinajstić information content (AvgIpc) is 3.25. The van der Waals surface area contributed by atoms with Gasteiger partial charge in [-0.1, -0.05) is 6.07 Å². The van der Waals surface area contributed by atoms with Crippen LogP contribution in [0.2, 0.25) is 0 Å². The second kappa shape index (κ2) is 7.29. The molecule has 2 aliphatic heterocycles. The molecule has 5 nitrogen and oxygen atoms in total. The Bertz CT molecular complexity index is 769. The van der Waals surface area contributed by atoms with Crippen molar-refractivity contribution in [2.24, 2.45) is 0 Å². The number of carbonyl (C=O) groups is 1. The Balaban J connectivity index is 1.35. The first-order valence-electron chi connectivity index (χ1n) is 8.41. The highest BCUT2D eigenvalue weighted by Gasteiger charge is 2.25. The molecule has 4 rings (SSSR count). The number of fused-ring (bicyclic) bond motifs is 1. The predicted molar refractivity (Wildman–Crippen MR) is 97.9 cm³/mol. The second-order valence-electron chi connectivity index (χ2n) is 6.15. The van der Waals surface area contributed by atoms with Crippen molar-refractivity contribution in [3.05, 3.63) is 52.2 Å². The number of ether oxygens (including phenoxy) is 2. The first-order chi connectivity index (χ1) is 12.3. The van der Waals surface area contributed by atoms with Gasteiger partial charge in [-0.15, -0.1) is 0 Å². The first kappa shape index (κ1) is 16.2. The van der Waals surface area contributed by atoms with Gasteiger partial charge in [-0.05, 0) is 52.6 Å². The Labute approximate surface area is 150 Å². The van der Waals surface area contributed by atoms with E-state index >= 15 is 0 Å². The third kappa shape index (κ3) is 3.70. The van der Waals surface area contributed by atoms with Gasteiger partial charge in [0.15, 0.2) is 11.5 Å². The largest absolute Gasteiger partial charge is 0.454 e. The van der Waals surface area contributed by atoms with Crippen LogP contribution in [0.4, 0.5) is 0 Å². The Morgan fingerprint density at radius 1 is 1.28 bits per heavy atom. The van der Waals surface area contributed by atoms with E-state index in [1.807, 2.05) is 18.2 Å². The molecule has 130 valence electrons. The molecule has 0 spiro atoms. The van der Waals surface area contributed by atoms with Crippen molar-refractivity contribution in [3.8, 4) is 11.5 Å². The number of amides is 1. The third-order valence-electron chi connectivity index (χ3n) is 4.55. The molecule has 1 saturated heterocycles. The molecule has 1 aromatic carbocycles. The highest BCUT2D eigenvalue weighted by Crippen LogP contribution is 2.32. The van der Waals surface area contributed by atoms with Gasteiger partial charge in [-0.3, -0.25) is 9.69 Å². The SMILES string of the molecule is O=C(/C=C/c1ccc2c(c1)OCO2)NC[C@@H](c1ccsc1)N1CCC1. The summed E-state index contributed by atoms with van der Waals surface area (Å²) in [6.07, 6.45) is 4.59. The number of nitrogens with zero attached hydrogens (tertiary/aromatic N) is 1. The lowest BCUT2D eigenvalue weighted by Gasteiger charge is -2.38. The fourth-order valence-corrected chi connectivity index (χ4v) is 3.73. The summed E-state index contributed by atoms with van der Waals surface area (Å²) in [6.45, 7) is 3.08. The molecule has 1 N–H and O–H groups in total. The van der Waals surface area contributed by atoms with Crippen LogP contribution in [0.3, 0.4) is 0 Å². The molecule has 1 atom stereocenters. The van der Waals surface area contributed by atoms with E-state index in [4.69, 9.17) is 9.47 Å². The molecule has 2 aromatic rings. The topological polar surface area (TPSA) is 50.8 Å². The molecular formula is C19H20N2O3S. The molecule has 0 bridgehead atoms. The molecule has 25 heavy (non-hydrogen) atoms. The van der Waals surface area contributed by atoms with Crippen LogP contribution < -0.4 is 14.8 Å². The lowest BCUT2D eigenvalue weighted by Crippen LogP contribution is -2.44. The maximum atomic E-state index is 12.2. The molecule has 2 aliphatic rings. The quantitative estimate of drug-likeness (QED) is 0.809. The van der Waals surface area contributed by atoms with E-state index in [2.05, 4.69) is 27.0 Å². The van der Waals surface area contributed by atoms with Gasteiger partial charge in [-0.25, -0.2) is 0 Å². The highest BCUT2D eigenvalue weighted by molar-refractivity contribution is 7.07. The second-order valence-corrected chi connectivity index (χ2v) is 6.93. The minimum Gasteiger partial charge on any atom is -0.454 e. The monoisotopic (exact) mass is 356 g/mol. The Morgan fingerprint density at radius 3 is 2.92 bits per heavy atom. The molecular weight excluding hydrogens is 336 g/mol.